The Bertz CT molecular complexity index is 687. The summed E-state index contributed by atoms with van der Waals surface area (Å²) in [6.45, 7) is 7.14. The van der Waals surface area contributed by atoms with E-state index in [2.05, 4.69) is 25.2 Å². The molecule has 0 radical (unpaired) electrons. The number of fused-ring (bicyclic) bond motifs is 5. The minimum Gasteiger partial charge on any atom is -0.472 e. The van der Waals surface area contributed by atoms with Crippen molar-refractivity contribution in [1.29, 1.82) is 0 Å². The maximum atomic E-state index is 6.22. The second kappa shape index (κ2) is 7.71. The van der Waals surface area contributed by atoms with Crippen LogP contribution >= 0.6 is 0 Å². The van der Waals surface area contributed by atoms with Crippen LogP contribution in [0.2, 0.25) is 0 Å². The van der Waals surface area contributed by atoms with Crippen molar-refractivity contribution >= 4 is 0 Å². The van der Waals surface area contributed by atoms with Crippen LogP contribution in [0.1, 0.15) is 83.1 Å². The lowest BCUT2D eigenvalue weighted by atomic mass is 9.44. The lowest BCUT2D eigenvalue weighted by Gasteiger charge is -2.61. The Hall–Kier alpha value is -0.800. The Morgan fingerprint density at radius 3 is 2.66 bits per heavy atom. The fourth-order valence-corrected chi connectivity index (χ4v) is 8.72. The number of likely N-dealkylation sites (N-methyl/N-ethyl adjacent to an activating group) is 1. The van der Waals surface area contributed by atoms with Gasteiger partial charge in [-0.05, 0) is 117 Å². The zero-order valence-electron chi connectivity index (χ0n) is 18.8. The van der Waals surface area contributed by atoms with E-state index in [4.69, 9.17) is 9.15 Å². The number of nitrogens with one attached hydrogen (secondary N) is 1. The Morgan fingerprint density at radius 2 is 1.86 bits per heavy atom. The molecule has 1 aromatic rings. The van der Waals surface area contributed by atoms with Crippen molar-refractivity contribution in [1.82, 2.24) is 5.32 Å². The van der Waals surface area contributed by atoms with Crippen LogP contribution in [-0.2, 0) is 4.74 Å². The molecule has 0 saturated heterocycles. The highest BCUT2D eigenvalue weighted by Crippen LogP contribution is 2.69. The molecule has 5 rings (SSSR count). The van der Waals surface area contributed by atoms with Gasteiger partial charge in [0.25, 0.3) is 0 Å². The molecule has 3 nitrogen and oxygen atoms in total. The molecule has 0 bridgehead atoms. The van der Waals surface area contributed by atoms with Crippen LogP contribution in [0.25, 0.3) is 0 Å². The topological polar surface area (TPSA) is 34.4 Å². The molecule has 4 saturated carbocycles. The first-order chi connectivity index (χ1) is 14.1. The molecule has 8 atom stereocenters. The fraction of sp³-hybridized carbons (Fsp3) is 0.846. The van der Waals surface area contributed by atoms with Gasteiger partial charge in [0.05, 0.1) is 25.2 Å². The predicted molar refractivity (Wildman–Crippen MR) is 117 cm³/mol. The van der Waals surface area contributed by atoms with E-state index in [-0.39, 0.29) is 0 Å². The molecule has 0 aliphatic heterocycles. The molecule has 0 amide bonds. The van der Waals surface area contributed by atoms with E-state index in [0.717, 1.165) is 36.8 Å². The standard InChI is InChI=1S/C26H41NO2/c1-25-11-8-20(29-15-13-27-3)16-19(25)4-5-21-23-7-6-22(18-10-14-28-17-18)26(23,2)12-9-24(21)25/h10,14,17,19-24,27H,4-9,11-13,15-16H2,1-3H3/t19-,20+,21+,22-,23+,24+,25+,26-/m1/s1. The molecular weight excluding hydrogens is 358 g/mol. The van der Waals surface area contributed by atoms with Gasteiger partial charge in [0, 0.05) is 6.54 Å². The summed E-state index contributed by atoms with van der Waals surface area (Å²) in [7, 11) is 2.01. The third-order valence-electron chi connectivity index (χ3n) is 10.3. The largest absolute Gasteiger partial charge is 0.472 e. The molecule has 4 aliphatic carbocycles. The summed E-state index contributed by atoms with van der Waals surface area (Å²) in [4.78, 5) is 0. The van der Waals surface area contributed by atoms with E-state index in [1.807, 2.05) is 19.6 Å². The van der Waals surface area contributed by atoms with Crippen LogP contribution in [0.4, 0.5) is 0 Å². The first kappa shape index (κ1) is 20.1. The van der Waals surface area contributed by atoms with Crippen LogP contribution in [0.15, 0.2) is 23.0 Å². The van der Waals surface area contributed by atoms with Crippen LogP contribution in [0, 0.1) is 34.5 Å². The van der Waals surface area contributed by atoms with E-state index < -0.39 is 0 Å². The van der Waals surface area contributed by atoms with Crippen molar-refractivity contribution in [2.24, 2.45) is 34.5 Å². The van der Waals surface area contributed by atoms with E-state index in [0.29, 0.717) is 22.9 Å². The average molecular weight is 400 g/mol. The predicted octanol–water partition coefficient (Wildman–Crippen LogP) is 6.01. The molecule has 1 heterocycles. The second-order valence-corrected chi connectivity index (χ2v) is 11.3. The van der Waals surface area contributed by atoms with Gasteiger partial charge in [-0.1, -0.05) is 13.8 Å². The van der Waals surface area contributed by atoms with Crippen LogP contribution in [-0.4, -0.2) is 26.3 Å². The zero-order chi connectivity index (χ0) is 20.1. The van der Waals surface area contributed by atoms with Crippen LogP contribution in [0.3, 0.4) is 0 Å². The molecular formula is C26H41NO2. The molecule has 4 fully saturated rings. The quantitative estimate of drug-likeness (QED) is 0.616. The zero-order valence-corrected chi connectivity index (χ0v) is 18.8. The monoisotopic (exact) mass is 399 g/mol. The van der Waals surface area contributed by atoms with Crippen molar-refractivity contribution < 1.29 is 9.15 Å². The van der Waals surface area contributed by atoms with Crippen molar-refractivity contribution in [2.75, 3.05) is 20.2 Å². The SMILES string of the molecule is CNCCO[C@H]1CC[C@@]2(C)[C@H](CC[C@@H]3[C@@H]2CC[C@]2(C)[C@@H](c4ccoc4)CC[C@@H]32)C1. The van der Waals surface area contributed by atoms with Crippen molar-refractivity contribution in [3.63, 3.8) is 0 Å². The summed E-state index contributed by atoms with van der Waals surface area (Å²) in [5.41, 5.74) is 2.51. The second-order valence-electron chi connectivity index (χ2n) is 11.3. The molecule has 3 heteroatoms. The van der Waals surface area contributed by atoms with Crippen molar-refractivity contribution in [3.05, 3.63) is 24.2 Å². The van der Waals surface area contributed by atoms with Gasteiger partial charge in [0.15, 0.2) is 0 Å². The summed E-state index contributed by atoms with van der Waals surface area (Å²) in [6, 6.07) is 2.23. The average Bonchev–Trinajstić information content (AvgIpc) is 3.35. The number of furan rings is 1. The third kappa shape index (κ3) is 3.22. The fourth-order valence-electron chi connectivity index (χ4n) is 8.72. The Balaban J connectivity index is 1.31. The van der Waals surface area contributed by atoms with E-state index in [1.165, 1.54) is 63.4 Å². The molecule has 29 heavy (non-hydrogen) atoms. The van der Waals surface area contributed by atoms with Crippen LogP contribution in [0.5, 0.6) is 0 Å². The highest BCUT2D eigenvalue weighted by molar-refractivity contribution is 5.22. The Kier molecular flexibility index (Phi) is 5.35. The molecule has 4 aliphatic rings. The van der Waals surface area contributed by atoms with Crippen LogP contribution < -0.4 is 5.32 Å². The maximum absolute atomic E-state index is 6.22. The molecule has 0 unspecified atom stereocenters. The highest BCUT2D eigenvalue weighted by atomic mass is 16.5. The summed E-state index contributed by atoms with van der Waals surface area (Å²) >= 11 is 0. The highest BCUT2D eigenvalue weighted by Gasteiger charge is 2.60. The minimum absolute atomic E-state index is 0.488. The maximum Gasteiger partial charge on any atom is 0.0937 e. The van der Waals surface area contributed by atoms with Gasteiger partial charge in [0.2, 0.25) is 0 Å². The van der Waals surface area contributed by atoms with Crippen molar-refractivity contribution in [3.8, 4) is 0 Å². The van der Waals surface area contributed by atoms with Gasteiger partial charge in [0.1, 0.15) is 0 Å². The normalized spacial score (nSPS) is 46.7. The molecule has 162 valence electrons. The summed E-state index contributed by atoms with van der Waals surface area (Å²) < 4.78 is 11.7. The first-order valence-electron chi connectivity index (χ1n) is 12.3. The van der Waals surface area contributed by atoms with Gasteiger partial charge in [-0.15, -0.1) is 0 Å². The molecule has 1 aromatic heterocycles. The third-order valence-corrected chi connectivity index (χ3v) is 10.3. The summed E-state index contributed by atoms with van der Waals surface area (Å²) in [5.74, 6) is 4.42. The molecule has 0 aromatic carbocycles. The van der Waals surface area contributed by atoms with E-state index >= 15 is 0 Å². The molecule has 1 N–H and O–H groups in total. The summed E-state index contributed by atoms with van der Waals surface area (Å²) in [6.07, 6.45) is 16.9. The number of hydrogen-bond acceptors (Lipinski definition) is 3. The van der Waals surface area contributed by atoms with Gasteiger partial charge in [-0.25, -0.2) is 0 Å². The van der Waals surface area contributed by atoms with Crippen molar-refractivity contribution in [2.45, 2.75) is 83.7 Å². The van der Waals surface area contributed by atoms with E-state index in [1.54, 1.807) is 0 Å². The number of ether oxygens (including phenoxy) is 1. The number of hydrogen-bond donors (Lipinski definition) is 1. The van der Waals surface area contributed by atoms with Gasteiger partial charge < -0.3 is 14.5 Å². The minimum atomic E-state index is 0.488. The molecule has 0 spiro atoms. The summed E-state index contributed by atoms with van der Waals surface area (Å²) in [5, 5.41) is 3.22. The van der Waals surface area contributed by atoms with Gasteiger partial charge in [-0.3, -0.25) is 0 Å². The Morgan fingerprint density at radius 1 is 1.03 bits per heavy atom. The van der Waals surface area contributed by atoms with Gasteiger partial charge in [-0.2, -0.15) is 0 Å². The van der Waals surface area contributed by atoms with Gasteiger partial charge >= 0.3 is 0 Å². The lowest BCUT2D eigenvalue weighted by Crippen LogP contribution is -2.54. The Labute approximate surface area is 177 Å². The smallest absolute Gasteiger partial charge is 0.0937 e. The lowest BCUT2D eigenvalue weighted by molar-refractivity contribution is -0.131. The van der Waals surface area contributed by atoms with E-state index in [9.17, 15) is 0 Å². The number of rotatable bonds is 5. The first-order valence-corrected chi connectivity index (χ1v) is 12.3.